The molecule has 3 rings (SSSR count). The Bertz CT molecular complexity index is 934. The van der Waals surface area contributed by atoms with Crippen LogP contribution in [0.4, 0.5) is 14.5 Å². The van der Waals surface area contributed by atoms with Crippen LogP contribution >= 0.6 is 0 Å². The summed E-state index contributed by atoms with van der Waals surface area (Å²) in [6, 6.07) is 10.6. The third-order valence-electron chi connectivity index (χ3n) is 3.06. The minimum Gasteiger partial charge on any atom is -0.422 e. The average Bonchev–Trinajstić information content (AvgIpc) is 2.50. The van der Waals surface area contributed by atoms with Gasteiger partial charge in [-0.05, 0) is 24.3 Å². The first-order valence-corrected chi connectivity index (χ1v) is 6.34. The van der Waals surface area contributed by atoms with Gasteiger partial charge in [0, 0.05) is 11.5 Å². The van der Waals surface area contributed by atoms with Gasteiger partial charge >= 0.3 is 5.63 Å². The Morgan fingerprint density at radius 3 is 2.64 bits per heavy atom. The van der Waals surface area contributed by atoms with Crippen LogP contribution in [0.2, 0.25) is 0 Å². The lowest BCUT2D eigenvalue weighted by Gasteiger charge is -2.06. The second kappa shape index (κ2) is 5.40. The first-order chi connectivity index (χ1) is 10.5. The van der Waals surface area contributed by atoms with E-state index in [0.717, 1.165) is 18.2 Å². The van der Waals surface area contributed by atoms with Crippen molar-refractivity contribution in [2.24, 2.45) is 0 Å². The Hall–Kier alpha value is -3.02. The summed E-state index contributed by atoms with van der Waals surface area (Å²) in [7, 11) is 0. The van der Waals surface area contributed by atoms with E-state index in [4.69, 9.17) is 4.42 Å². The topological polar surface area (TPSA) is 59.3 Å². The molecule has 0 saturated carbocycles. The number of para-hydroxylation sites is 1. The summed E-state index contributed by atoms with van der Waals surface area (Å²) in [5, 5.41) is 2.71. The molecule has 0 atom stereocenters. The maximum Gasteiger partial charge on any atom is 0.349 e. The quantitative estimate of drug-likeness (QED) is 0.739. The zero-order valence-electron chi connectivity index (χ0n) is 11.1. The number of rotatable bonds is 2. The maximum absolute atomic E-state index is 13.5. The standard InChI is InChI=1S/C16H9F2NO3/c17-10-5-6-12(18)13(8-10)19-15(20)11-7-9-3-1-2-4-14(9)22-16(11)21/h1-8H,(H,19,20). The monoisotopic (exact) mass is 301 g/mol. The van der Waals surface area contributed by atoms with Gasteiger partial charge in [0.2, 0.25) is 0 Å². The molecule has 110 valence electrons. The van der Waals surface area contributed by atoms with Crippen LogP contribution < -0.4 is 10.9 Å². The minimum absolute atomic E-state index is 0.289. The molecule has 0 unspecified atom stereocenters. The van der Waals surface area contributed by atoms with E-state index in [1.165, 1.54) is 6.07 Å². The van der Waals surface area contributed by atoms with Crippen LogP contribution in [0.1, 0.15) is 10.4 Å². The number of carbonyl (C=O) groups is 1. The molecule has 2 aromatic carbocycles. The molecule has 4 nitrogen and oxygen atoms in total. The molecular formula is C16H9F2NO3. The molecule has 1 N–H and O–H groups in total. The van der Waals surface area contributed by atoms with Gasteiger partial charge in [-0.2, -0.15) is 0 Å². The lowest BCUT2D eigenvalue weighted by atomic mass is 10.1. The zero-order valence-corrected chi connectivity index (χ0v) is 11.1. The number of hydrogen-bond donors (Lipinski definition) is 1. The number of carbonyl (C=O) groups excluding carboxylic acids is 1. The van der Waals surface area contributed by atoms with Crippen LogP contribution in [0.25, 0.3) is 11.0 Å². The summed E-state index contributed by atoms with van der Waals surface area (Å²) in [5.74, 6) is -2.38. The number of hydrogen-bond acceptors (Lipinski definition) is 3. The van der Waals surface area contributed by atoms with Gasteiger partial charge in [-0.25, -0.2) is 13.6 Å². The number of amides is 1. The molecule has 1 amide bonds. The fourth-order valence-electron chi connectivity index (χ4n) is 2.00. The van der Waals surface area contributed by atoms with E-state index in [9.17, 15) is 18.4 Å². The largest absolute Gasteiger partial charge is 0.422 e. The molecule has 0 aliphatic carbocycles. The highest BCUT2D eigenvalue weighted by atomic mass is 19.1. The zero-order chi connectivity index (χ0) is 15.7. The molecule has 0 bridgehead atoms. The van der Waals surface area contributed by atoms with Crippen molar-refractivity contribution in [2.45, 2.75) is 0 Å². The highest BCUT2D eigenvalue weighted by Gasteiger charge is 2.15. The summed E-state index contributed by atoms with van der Waals surface area (Å²) in [6.07, 6.45) is 0. The summed E-state index contributed by atoms with van der Waals surface area (Å²) >= 11 is 0. The number of halogens is 2. The average molecular weight is 301 g/mol. The molecule has 1 heterocycles. The predicted octanol–water partition coefficient (Wildman–Crippen LogP) is 3.32. The Morgan fingerprint density at radius 2 is 1.82 bits per heavy atom. The Labute approximate surface area is 123 Å². The van der Waals surface area contributed by atoms with Crippen molar-refractivity contribution in [3.8, 4) is 0 Å². The third-order valence-corrected chi connectivity index (χ3v) is 3.06. The Kier molecular flexibility index (Phi) is 3.42. The number of nitrogens with one attached hydrogen (secondary N) is 1. The molecule has 0 aliphatic heterocycles. The van der Waals surface area contributed by atoms with Gasteiger partial charge in [-0.1, -0.05) is 18.2 Å². The SMILES string of the molecule is O=C(Nc1cc(F)ccc1F)c1cc2ccccc2oc1=O. The highest BCUT2D eigenvalue weighted by Crippen LogP contribution is 2.17. The van der Waals surface area contributed by atoms with Gasteiger partial charge < -0.3 is 9.73 Å². The molecule has 0 fully saturated rings. The first-order valence-electron chi connectivity index (χ1n) is 6.34. The van der Waals surface area contributed by atoms with E-state index in [1.807, 2.05) is 0 Å². The van der Waals surface area contributed by atoms with Crippen LogP contribution in [0.3, 0.4) is 0 Å². The Morgan fingerprint density at radius 1 is 1.05 bits per heavy atom. The van der Waals surface area contributed by atoms with Crippen molar-refractivity contribution in [3.63, 3.8) is 0 Å². The maximum atomic E-state index is 13.5. The number of fused-ring (bicyclic) bond motifs is 1. The van der Waals surface area contributed by atoms with Crippen LogP contribution in [0.15, 0.2) is 57.7 Å². The molecule has 0 spiro atoms. The molecule has 6 heteroatoms. The number of benzene rings is 2. The molecular weight excluding hydrogens is 292 g/mol. The van der Waals surface area contributed by atoms with E-state index in [-0.39, 0.29) is 11.3 Å². The smallest absolute Gasteiger partial charge is 0.349 e. The van der Waals surface area contributed by atoms with E-state index in [1.54, 1.807) is 24.3 Å². The highest BCUT2D eigenvalue weighted by molar-refractivity contribution is 6.05. The molecule has 0 saturated heterocycles. The molecule has 0 radical (unpaired) electrons. The second-order valence-electron chi connectivity index (χ2n) is 4.56. The van der Waals surface area contributed by atoms with Crippen LogP contribution in [-0.2, 0) is 0 Å². The molecule has 3 aromatic rings. The minimum atomic E-state index is -0.871. The molecule has 0 aliphatic rings. The van der Waals surface area contributed by atoms with Gasteiger partial charge in [-0.15, -0.1) is 0 Å². The summed E-state index contributed by atoms with van der Waals surface area (Å²) in [6.45, 7) is 0. The first kappa shape index (κ1) is 13.9. The van der Waals surface area contributed by atoms with Crippen molar-refractivity contribution in [2.75, 3.05) is 5.32 Å². The van der Waals surface area contributed by atoms with E-state index in [2.05, 4.69) is 5.32 Å². The van der Waals surface area contributed by atoms with Crippen LogP contribution in [-0.4, -0.2) is 5.91 Å². The van der Waals surface area contributed by atoms with E-state index >= 15 is 0 Å². The van der Waals surface area contributed by atoms with Gasteiger partial charge in [0.15, 0.2) is 0 Å². The second-order valence-corrected chi connectivity index (χ2v) is 4.56. The summed E-state index contributed by atoms with van der Waals surface area (Å²) in [4.78, 5) is 23.9. The fourth-order valence-corrected chi connectivity index (χ4v) is 2.00. The lowest BCUT2D eigenvalue weighted by molar-refractivity contribution is 0.102. The van der Waals surface area contributed by atoms with E-state index in [0.29, 0.717) is 11.0 Å². The third kappa shape index (κ3) is 2.58. The normalized spacial score (nSPS) is 10.6. The van der Waals surface area contributed by atoms with Crippen molar-refractivity contribution in [3.05, 3.63) is 76.1 Å². The van der Waals surface area contributed by atoms with Crippen molar-refractivity contribution in [1.82, 2.24) is 0 Å². The number of anilines is 1. The van der Waals surface area contributed by atoms with Crippen molar-refractivity contribution < 1.29 is 18.0 Å². The van der Waals surface area contributed by atoms with E-state index < -0.39 is 23.2 Å². The van der Waals surface area contributed by atoms with Crippen LogP contribution in [0.5, 0.6) is 0 Å². The van der Waals surface area contributed by atoms with Gasteiger partial charge in [0.25, 0.3) is 5.91 Å². The summed E-state index contributed by atoms with van der Waals surface area (Å²) in [5.41, 5.74) is -1.16. The Balaban J connectivity index is 2.00. The lowest BCUT2D eigenvalue weighted by Crippen LogP contribution is -2.21. The van der Waals surface area contributed by atoms with Gasteiger partial charge in [-0.3, -0.25) is 4.79 Å². The van der Waals surface area contributed by atoms with Crippen molar-refractivity contribution >= 4 is 22.6 Å². The summed E-state index contributed by atoms with van der Waals surface area (Å²) < 4.78 is 31.6. The van der Waals surface area contributed by atoms with Crippen LogP contribution in [0, 0.1) is 11.6 Å². The van der Waals surface area contributed by atoms with Gasteiger partial charge in [0.05, 0.1) is 5.69 Å². The predicted molar refractivity (Wildman–Crippen MR) is 76.8 cm³/mol. The molecule has 1 aromatic heterocycles. The fraction of sp³-hybridized carbons (Fsp3) is 0. The van der Waals surface area contributed by atoms with Gasteiger partial charge in [0.1, 0.15) is 22.8 Å². The molecule has 22 heavy (non-hydrogen) atoms. The van der Waals surface area contributed by atoms with Crippen molar-refractivity contribution in [1.29, 1.82) is 0 Å².